The van der Waals surface area contributed by atoms with Gasteiger partial charge in [0.25, 0.3) is 0 Å². The Labute approximate surface area is 85.5 Å². The van der Waals surface area contributed by atoms with Gasteiger partial charge in [0.15, 0.2) is 0 Å². The van der Waals surface area contributed by atoms with Crippen LogP contribution in [0.4, 0.5) is 4.39 Å². The van der Waals surface area contributed by atoms with Crippen molar-refractivity contribution in [1.29, 1.82) is 0 Å². The van der Waals surface area contributed by atoms with Crippen LogP contribution < -0.4 is 0 Å². The van der Waals surface area contributed by atoms with Gasteiger partial charge in [-0.3, -0.25) is 4.98 Å². The summed E-state index contributed by atoms with van der Waals surface area (Å²) in [7, 11) is 1.26. The Morgan fingerprint density at radius 3 is 3.00 bits per heavy atom. The fraction of sp³-hybridized carbons (Fsp3) is 0.0909. The van der Waals surface area contributed by atoms with E-state index in [1.54, 1.807) is 12.1 Å². The van der Waals surface area contributed by atoms with Crippen molar-refractivity contribution in [3.05, 3.63) is 42.0 Å². The zero-order valence-electron chi connectivity index (χ0n) is 8.03. The van der Waals surface area contributed by atoms with Gasteiger partial charge in [-0.2, -0.15) is 0 Å². The number of benzene rings is 1. The van der Waals surface area contributed by atoms with E-state index in [1.807, 2.05) is 0 Å². The smallest absolute Gasteiger partial charge is 0.337 e. The van der Waals surface area contributed by atoms with E-state index >= 15 is 0 Å². The minimum absolute atomic E-state index is 0.190. The van der Waals surface area contributed by atoms with Gasteiger partial charge in [-0.05, 0) is 18.2 Å². The third-order valence-electron chi connectivity index (χ3n) is 2.12. The summed E-state index contributed by atoms with van der Waals surface area (Å²) < 4.78 is 18.0. The number of fused-ring (bicyclic) bond motifs is 1. The molecule has 15 heavy (non-hydrogen) atoms. The van der Waals surface area contributed by atoms with Crippen molar-refractivity contribution in [2.24, 2.45) is 0 Å². The summed E-state index contributed by atoms with van der Waals surface area (Å²) in [5.41, 5.74) is 0.190. The largest absolute Gasteiger partial charge is 0.465 e. The van der Waals surface area contributed by atoms with E-state index in [0.29, 0.717) is 10.8 Å². The fourth-order valence-electron chi connectivity index (χ4n) is 1.40. The van der Waals surface area contributed by atoms with Crippen molar-refractivity contribution in [2.45, 2.75) is 0 Å². The number of halogens is 1. The second-order valence-corrected chi connectivity index (χ2v) is 3.05. The third kappa shape index (κ3) is 1.66. The van der Waals surface area contributed by atoms with Crippen LogP contribution in [0.2, 0.25) is 0 Å². The molecule has 0 N–H and O–H groups in total. The van der Waals surface area contributed by atoms with Crippen LogP contribution in [0.25, 0.3) is 10.8 Å². The number of nitrogens with zero attached hydrogens (tertiary/aromatic N) is 1. The maximum absolute atomic E-state index is 13.5. The SMILES string of the molecule is COC(=O)c1cc(F)c2ccncc2c1. The van der Waals surface area contributed by atoms with Crippen molar-refractivity contribution in [3.8, 4) is 0 Å². The van der Waals surface area contributed by atoms with Crippen molar-refractivity contribution < 1.29 is 13.9 Å². The number of hydrogen-bond donors (Lipinski definition) is 0. The molecular weight excluding hydrogens is 197 g/mol. The van der Waals surface area contributed by atoms with Crippen LogP contribution in [0.1, 0.15) is 10.4 Å². The van der Waals surface area contributed by atoms with Crippen LogP contribution >= 0.6 is 0 Å². The Morgan fingerprint density at radius 2 is 2.27 bits per heavy atom. The highest BCUT2D eigenvalue weighted by molar-refractivity contribution is 5.95. The second kappa shape index (κ2) is 3.65. The van der Waals surface area contributed by atoms with E-state index in [-0.39, 0.29) is 5.56 Å². The Kier molecular flexibility index (Phi) is 2.33. The maximum Gasteiger partial charge on any atom is 0.337 e. The molecule has 3 nitrogen and oxygen atoms in total. The minimum Gasteiger partial charge on any atom is -0.465 e. The van der Waals surface area contributed by atoms with E-state index in [2.05, 4.69) is 9.72 Å². The first-order chi connectivity index (χ1) is 7.22. The number of methoxy groups -OCH3 is 1. The summed E-state index contributed by atoms with van der Waals surface area (Å²) in [5.74, 6) is -1.00. The molecule has 0 amide bonds. The molecule has 2 aromatic rings. The molecule has 0 saturated carbocycles. The first-order valence-corrected chi connectivity index (χ1v) is 4.34. The molecule has 1 heterocycles. The molecule has 0 spiro atoms. The monoisotopic (exact) mass is 205 g/mol. The molecule has 0 saturated heterocycles. The zero-order valence-corrected chi connectivity index (χ0v) is 8.03. The van der Waals surface area contributed by atoms with Gasteiger partial charge in [-0.1, -0.05) is 0 Å². The summed E-state index contributed by atoms with van der Waals surface area (Å²) in [5, 5.41) is 1.02. The van der Waals surface area contributed by atoms with Crippen molar-refractivity contribution in [3.63, 3.8) is 0 Å². The van der Waals surface area contributed by atoms with Crippen LogP contribution in [0, 0.1) is 5.82 Å². The number of carbonyl (C=O) groups is 1. The van der Waals surface area contributed by atoms with Crippen LogP contribution in [-0.2, 0) is 4.74 Å². The molecule has 0 aliphatic rings. The van der Waals surface area contributed by atoms with Gasteiger partial charge in [0.2, 0.25) is 0 Å². The van der Waals surface area contributed by atoms with Gasteiger partial charge in [-0.25, -0.2) is 9.18 Å². The molecule has 0 aliphatic heterocycles. The van der Waals surface area contributed by atoms with Gasteiger partial charge in [0.05, 0.1) is 12.7 Å². The second-order valence-electron chi connectivity index (χ2n) is 3.05. The van der Waals surface area contributed by atoms with Crippen LogP contribution in [0.15, 0.2) is 30.6 Å². The molecule has 1 aromatic heterocycles. The van der Waals surface area contributed by atoms with Crippen LogP contribution in [0.3, 0.4) is 0 Å². The van der Waals surface area contributed by atoms with Gasteiger partial charge in [-0.15, -0.1) is 0 Å². The maximum atomic E-state index is 13.5. The predicted octanol–water partition coefficient (Wildman–Crippen LogP) is 2.16. The fourth-order valence-corrected chi connectivity index (χ4v) is 1.40. The summed E-state index contributed by atoms with van der Waals surface area (Å²) in [4.78, 5) is 15.1. The highest BCUT2D eigenvalue weighted by Gasteiger charge is 2.09. The Balaban J connectivity index is 2.67. The van der Waals surface area contributed by atoms with Gasteiger partial charge >= 0.3 is 5.97 Å². The van der Waals surface area contributed by atoms with Crippen molar-refractivity contribution >= 4 is 16.7 Å². The van der Waals surface area contributed by atoms with Crippen LogP contribution in [0.5, 0.6) is 0 Å². The first kappa shape index (κ1) is 9.58. The number of ether oxygens (including phenoxy) is 1. The first-order valence-electron chi connectivity index (χ1n) is 4.34. The Bertz CT molecular complexity index is 525. The molecule has 0 fully saturated rings. The van der Waals surface area contributed by atoms with E-state index in [1.165, 1.54) is 19.5 Å². The number of rotatable bonds is 1. The summed E-state index contributed by atoms with van der Waals surface area (Å²) in [6, 6.07) is 4.27. The molecule has 0 unspecified atom stereocenters. The number of pyridine rings is 1. The molecule has 0 radical (unpaired) electrons. The molecule has 76 valence electrons. The predicted molar refractivity (Wildman–Crippen MR) is 53.0 cm³/mol. The summed E-state index contributed by atoms with van der Waals surface area (Å²) in [6.07, 6.45) is 3.01. The highest BCUT2D eigenvalue weighted by Crippen LogP contribution is 2.19. The zero-order chi connectivity index (χ0) is 10.8. The third-order valence-corrected chi connectivity index (χ3v) is 2.12. The number of carbonyl (C=O) groups excluding carboxylic acids is 1. The van der Waals surface area contributed by atoms with Crippen molar-refractivity contribution in [2.75, 3.05) is 7.11 Å². The van der Waals surface area contributed by atoms with Gasteiger partial charge in [0, 0.05) is 23.2 Å². The van der Waals surface area contributed by atoms with Gasteiger partial charge < -0.3 is 4.74 Å². The molecule has 2 rings (SSSR count). The molecule has 4 heteroatoms. The summed E-state index contributed by atoms with van der Waals surface area (Å²) >= 11 is 0. The average Bonchev–Trinajstić information content (AvgIpc) is 2.28. The Hall–Kier alpha value is -1.97. The lowest BCUT2D eigenvalue weighted by Crippen LogP contribution is -2.01. The normalized spacial score (nSPS) is 10.3. The van der Waals surface area contributed by atoms with E-state index < -0.39 is 11.8 Å². The topological polar surface area (TPSA) is 39.2 Å². The average molecular weight is 205 g/mol. The highest BCUT2D eigenvalue weighted by atomic mass is 19.1. The van der Waals surface area contributed by atoms with Crippen LogP contribution in [-0.4, -0.2) is 18.1 Å². The van der Waals surface area contributed by atoms with Crippen molar-refractivity contribution in [1.82, 2.24) is 4.98 Å². The summed E-state index contributed by atoms with van der Waals surface area (Å²) in [6.45, 7) is 0. The van der Waals surface area contributed by atoms with E-state index in [9.17, 15) is 9.18 Å². The quantitative estimate of drug-likeness (QED) is 0.669. The molecule has 0 bridgehead atoms. The van der Waals surface area contributed by atoms with Gasteiger partial charge in [0.1, 0.15) is 5.82 Å². The number of aromatic nitrogens is 1. The Morgan fingerprint density at radius 1 is 1.47 bits per heavy atom. The molecule has 0 aliphatic carbocycles. The molecular formula is C11H8FNO2. The number of hydrogen-bond acceptors (Lipinski definition) is 3. The lowest BCUT2D eigenvalue weighted by molar-refractivity contribution is 0.0600. The lowest BCUT2D eigenvalue weighted by atomic mass is 10.1. The van der Waals surface area contributed by atoms with E-state index in [4.69, 9.17) is 0 Å². The number of esters is 1. The minimum atomic E-state index is -0.556. The standard InChI is InChI=1S/C11H8FNO2/c1-15-11(14)7-4-8-6-13-3-2-9(8)10(12)5-7/h2-6H,1H3. The molecule has 0 atom stereocenters. The lowest BCUT2D eigenvalue weighted by Gasteiger charge is -2.02. The molecule has 1 aromatic carbocycles. The van der Waals surface area contributed by atoms with E-state index in [0.717, 1.165) is 6.07 Å².